The highest BCUT2D eigenvalue weighted by atomic mass is 32.2. The van der Waals surface area contributed by atoms with Crippen LogP contribution in [0.3, 0.4) is 0 Å². The molecule has 0 aromatic heterocycles. The van der Waals surface area contributed by atoms with Crippen molar-refractivity contribution in [2.24, 2.45) is 0 Å². The van der Waals surface area contributed by atoms with E-state index in [4.69, 9.17) is 4.74 Å². The molecule has 0 spiro atoms. The Hall–Kier alpha value is -2.47. The summed E-state index contributed by atoms with van der Waals surface area (Å²) in [5.74, 6) is -1.12. The van der Waals surface area contributed by atoms with E-state index in [1.165, 1.54) is 11.8 Å². The van der Waals surface area contributed by atoms with Gasteiger partial charge in [-0.1, -0.05) is 55.5 Å². The van der Waals surface area contributed by atoms with Crippen LogP contribution in [0.4, 0.5) is 4.79 Å². The highest BCUT2D eigenvalue weighted by Gasteiger charge is 2.30. The summed E-state index contributed by atoms with van der Waals surface area (Å²) >= 11 is 1.38. The second kappa shape index (κ2) is 7.83. The lowest BCUT2D eigenvalue weighted by Crippen LogP contribution is -2.46. The Bertz CT molecular complexity index is 777. The number of amides is 1. The molecule has 2 aromatic rings. The van der Waals surface area contributed by atoms with E-state index in [0.29, 0.717) is 0 Å². The van der Waals surface area contributed by atoms with Gasteiger partial charge in [-0.05, 0) is 28.5 Å². The van der Waals surface area contributed by atoms with Crippen LogP contribution in [-0.2, 0) is 9.53 Å². The molecule has 2 aromatic carbocycles. The molecule has 0 aliphatic heterocycles. The van der Waals surface area contributed by atoms with E-state index in [1.807, 2.05) is 36.4 Å². The van der Waals surface area contributed by atoms with Crippen LogP contribution in [0.15, 0.2) is 48.5 Å². The highest BCUT2D eigenvalue weighted by Crippen LogP contribution is 2.44. The fourth-order valence-corrected chi connectivity index (χ4v) is 3.74. The third-order valence-electron chi connectivity index (χ3n) is 4.72. The molecule has 2 atom stereocenters. The van der Waals surface area contributed by atoms with Crippen LogP contribution >= 0.6 is 11.8 Å². The van der Waals surface area contributed by atoms with Crippen molar-refractivity contribution < 1.29 is 19.4 Å². The van der Waals surface area contributed by atoms with Gasteiger partial charge in [0.05, 0.1) is 0 Å². The molecule has 3 rings (SSSR count). The molecule has 0 radical (unpaired) electrons. The molecule has 2 N–H and O–H groups in total. The molecular formula is C20H21NO4S. The first-order valence-electron chi connectivity index (χ1n) is 8.40. The van der Waals surface area contributed by atoms with Gasteiger partial charge in [-0.15, -0.1) is 0 Å². The van der Waals surface area contributed by atoms with E-state index < -0.39 is 18.1 Å². The summed E-state index contributed by atoms with van der Waals surface area (Å²) < 4.78 is 5.39. The van der Waals surface area contributed by atoms with Crippen LogP contribution in [0, 0.1) is 0 Å². The minimum absolute atomic E-state index is 0.0469. The summed E-state index contributed by atoms with van der Waals surface area (Å²) in [6.07, 6.45) is 1.10. The average Bonchev–Trinajstić information content (AvgIpc) is 2.97. The van der Waals surface area contributed by atoms with E-state index in [2.05, 4.69) is 17.4 Å². The second-order valence-corrected chi connectivity index (χ2v) is 7.44. The van der Waals surface area contributed by atoms with Crippen molar-refractivity contribution in [3.63, 3.8) is 0 Å². The zero-order valence-electron chi connectivity index (χ0n) is 14.6. The Kier molecular flexibility index (Phi) is 5.52. The van der Waals surface area contributed by atoms with Crippen molar-refractivity contribution in [1.29, 1.82) is 0 Å². The number of hydrogen-bond donors (Lipinski definition) is 2. The normalized spacial score (nSPS) is 14.8. The van der Waals surface area contributed by atoms with E-state index in [-0.39, 0.29) is 17.8 Å². The lowest BCUT2D eigenvalue weighted by Gasteiger charge is -2.20. The molecule has 26 heavy (non-hydrogen) atoms. The summed E-state index contributed by atoms with van der Waals surface area (Å²) in [4.78, 5) is 23.5. The van der Waals surface area contributed by atoms with Crippen LogP contribution in [0.2, 0.25) is 0 Å². The smallest absolute Gasteiger partial charge is 0.407 e. The number of carboxylic acids is 1. The number of carbonyl (C=O) groups excluding carboxylic acids is 1. The molecule has 1 aliphatic carbocycles. The van der Waals surface area contributed by atoms with Crippen molar-refractivity contribution in [1.82, 2.24) is 5.32 Å². The summed E-state index contributed by atoms with van der Waals surface area (Å²) in [6.45, 7) is 1.92. The Balaban J connectivity index is 1.72. The number of thioether (sulfide) groups is 1. The van der Waals surface area contributed by atoms with E-state index in [9.17, 15) is 14.7 Å². The maximum Gasteiger partial charge on any atom is 0.407 e. The Labute approximate surface area is 156 Å². The number of alkyl carbamates (subject to hydrolysis) is 1. The minimum Gasteiger partial charge on any atom is -0.480 e. The maximum atomic E-state index is 12.2. The Morgan fingerprint density at radius 1 is 1.12 bits per heavy atom. The van der Waals surface area contributed by atoms with Crippen LogP contribution in [0.25, 0.3) is 11.1 Å². The zero-order valence-corrected chi connectivity index (χ0v) is 15.5. The summed E-state index contributed by atoms with van der Waals surface area (Å²) in [5.41, 5.74) is 4.54. The van der Waals surface area contributed by atoms with Crippen molar-refractivity contribution in [2.45, 2.75) is 24.1 Å². The number of carboxylic acid groups (broad SMARTS) is 1. The summed E-state index contributed by atoms with van der Waals surface area (Å²) in [7, 11) is 0. The standard InChI is InChI=1S/C20H21NO4S/c1-12(26-2)18(19(22)23)21-20(24)25-11-17-15-9-5-3-7-13(15)14-8-4-6-10-16(14)17/h3-10,12,17-18H,11H2,1-2H3,(H,21,24)(H,22,23). The third-order valence-corrected chi connectivity index (χ3v) is 5.74. The molecular weight excluding hydrogens is 350 g/mol. The largest absolute Gasteiger partial charge is 0.480 e. The fourth-order valence-electron chi connectivity index (χ4n) is 3.28. The number of benzene rings is 2. The molecule has 5 nitrogen and oxygen atoms in total. The van der Waals surface area contributed by atoms with Gasteiger partial charge in [0.15, 0.2) is 0 Å². The van der Waals surface area contributed by atoms with Gasteiger partial charge in [-0.3, -0.25) is 0 Å². The number of carbonyl (C=O) groups is 2. The van der Waals surface area contributed by atoms with Crippen LogP contribution < -0.4 is 5.32 Å². The first kappa shape index (κ1) is 18.3. The van der Waals surface area contributed by atoms with E-state index in [0.717, 1.165) is 22.3 Å². The average molecular weight is 371 g/mol. The van der Waals surface area contributed by atoms with E-state index in [1.54, 1.807) is 13.2 Å². The lowest BCUT2D eigenvalue weighted by atomic mass is 9.98. The van der Waals surface area contributed by atoms with Gasteiger partial charge in [0, 0.05) is 11.2 Å². The molecule has 0 saturated carbocycles. The number of aliphatic carboxylic acids is 1. The van der Waals surface area contributed by atoms with E-state index >= 15 is 0 Å². The predicted molar refractivity (Wildman–Crippen MR) is 103 cm³/mol. The highest BCUT2D eigenvalue weighted by molar-refractivity contribution is 7.99. The minimum atomic E-state index is -1.07. The van der Waals surface area contributed by atoms with Crippen molar-refractivity contribution in [2.75, 3.05) is 12.9 Å². The van der Waals surface area contributed by atoms with Crippen molar-refractivity contribution >= 4 is 23.8 Å². The zero-order chi connectivity index (χ0) is 18.7. The summed E-state index contributed by atoms with van der Waals surface area (Å²) in [5, 5.41) is 11.5. The topological polar surface area (TPSA) is 75.6 Å². The van der Waals surface area contributed by atoms with Gasteiger partial charge >= 0.3 is 12.1 Å². The van der Waals surface area contributed by atoms with Gasteiger partial charge in [-0.2, -0.15) is 11.8 Å². The van der Waals surface area contributed by atoms with Crippen molar-refractivity contribution in [3.05, 3.63) is 59.7 Å². The number of rotatable bonds is 6. The SMILES string of the molecule is CSC(C)C(NC(=O)OCC1c2ccccc2-c2ccccc21)C(=O)O. The fraction of sp³-hybridized carbons (Fsp3) is 0.300. The quantitative estimate of drug-likeness (QED) is 0.809. The van der Waals surface area contributed by atoms with Gasteiger partial charge in [0.1, 0.15) is 12.6 Å². The number of hydrogen-bond acceptors (Lipinski definition) is 4. The van der Waals surface area contributed by atoms with Gasteiger partial charge in [-0.25, -0.2) is 9.59 Å². The molecule has 0 fully saturated rings. The van der Waals surface area contributed by atoms with Gasteiger partial charge < -0.3 is 15.2 Å². The maximum absolute atomic E-state index is 12.2. The second-order valence-electron chi connectivity index (χ2n) is 6.23. The number of fused-ring (bicyclic) bond motifs is 3. The van der Waals surface area contributed by atoms with Crippen molar-refractivity contribution in [3.8, 4) is 11.1 Å². The predicted octanol–water partition coefficient (Wildman–Crippen LogP) is 3.73. The van der Waals surface area contributed by atoms with Crippen LogP contribution in [0.1, 0.15) is 24.0 Å². The van der Waals surface area contributed by atoms with Gasteiger partial charge in [0.25, 0.3) is 0 Å². The lowest BCUT2D eigenvalue weighted by molar-refractivity contribution is -0.139. The third kappa shape index (κ3) is 3.55. The molecule has 1 amide bonds. The molecule has 136 valence electrons. The molecule has 0 heterocycles. The first-order chi connectivity index (χ1) is 12.5. The molecule has 0 bridgehead atoms. The monoisotopic (exact) mass is 371 g/mol. The molecule has 2 unspecified atom stereocenters. The molecule has 0 saturated heterocycles. The first-order valence-corrected chi connectivity index (χ1v) is 9.68. The van der Waals surface area contributed by atoms with Gasteiger partial charge in [0.2, 0.25) is 0 Å². The van der Waals surface area contributed by atoms with Crippen LogP contribution in [-0.4, -0.2) is 41.3 Å². The Morgan fingerprint density at radius 2 is 1.65 bits per heavy atom. The molecule has 6 heteroatoms. The van der Waals surface area contributed by atoms with Crippen LogP contribution in [0.5, 0.6) is 0 Å². The molecule has 1 aliphatic rings. The summed E-state index contributed by atoms with van der Waals surface area (Å²) in [6, 6.07) is 15.1. The Morgan fingerprint density at radius 3 is 2.15 bits per heavy atom. The number of nitrogens with one attached hydrogen (secondary N) is 1. The number of ether oxygens (including phenoxy) is 1.